The van der Waals surface area contributed by atoms with Crippen LogP contribution in [-0.2, 0) is 12.8 Å². The standard InChI is InChI=1S/C22H28O8/c1-21(25)9-11-7-13(27-3)17(23)18(24)15(11)16-12(10-22(21,2)26)8-14(28-4)19(29-5)20(16)30-6/h7-8,23-26H,9-10H2,1-6H3/t21-,22+/m0/s1. The molecule has 8 heteroatoms. The lowest BCUT2D eigenvalue weighted by Crippen LogP contribution is -2.53. The number of aliphatic hydroxyl groups is 2. The van der Waals surface area contributed by atoms with Gasteiger partial charge in [-0.2, -0.15) is 0 Å². The highest BCUT2D eigenvalue weighted by Gasteiger charge is 2.46. The topological polar surface area (TPSA) is 118 Å². The highest BCUT2D eigenvalue weighted by atomic mass is 16.5. The van der Waals surface area contributed by atoms with E-state index in [0.29, 0.717) is 28.2 Å². The fourth-order valence-corrected chi connectivity index (χ4v) is 4.00. The molecule has 0 saturated heterocycles. The van der Waals surface area contributed by atoms with Crippen molar-refractivity contribution in [3.63, 3.8) is 0 Å². The maximum atomic E-state index is 11.2. The molecule has 0 aliphatic heterocycles. The molecule has 0 radical (unpaired) electrons. The largest absolute Gasteiger partial charge is 0.504 e. The molecule has 1 aliphatic rings. The smallest absolute Gasteiger partial charge is 0.203 e. The van der Waals surface area contributed by atoms with E-state index < -0.39 is 22.7 Å². The van der Waals surface area contributed by atoms with E-state index in [1.54, 1.807) is 13.0 Å². The molecule has 4 N–H and O–H groups in total. The molecule has 2 atom stereocenters. The molecule has 2 aromatic carbocycles. The molecule has 0 fully saturated rings. The Morgan fingerprint density at radius 3 is 1.60 bits per heavy atom. The molecule has 0 bridgehead atoms. The minimum Gasteiger partial charge on any atom is -0.504 e. The van der Waals surface area contributed by atoms with Crippen LogP contribution in [0.15, 0.2) is 12.1 Å². The average molecular weight is 420 g/mol. The second-order valence-electron chi connectivity index (χ2n) is 7.89. The molecule has 30 heavy (non-hydrogen) atoms. The van der Waals surface area contributed by atoms with Gasteiger partial charge < -0.3 is 39.4 Å². The third kappa shape index (κ3) is 3.16. The fourth-order valence-electron chi connectivity index (χ4n) is 4.00. The number of hydrogen-bond acceptors (Lipinski definition) is 8. The zero-order valence-electron chi connectivity index (χ0n) is 18.0. The van der Waals surface area contributed by atoms with Crippen LogP contribution in [0.5, 0.6) is 34.5 Å². The zero-order chi connectivity index (χ0) is 22.4. The van der Waals surface area contributed by atoms with E-state index in [9.17, 15) is 20.4 Å². The lowest BCUT2D eigenvalue weighted by atomic mass is 9.72. The van der Waals surface area contributed by atoms with Gasteiger partial charge in [0.25, 0.3) is 0 Å². The second-order valence-corrected chi connectivity index (χ2v) is 7.89. The summed E-state index contributed by atoms with van der Waals surface area (Å²) in [5.74, 6) is 0.113. The van der Waals surface area contributed by atoms with Crippen LogP contribution in [0.2, 0.25) is 0 Å². The highest BCUT2D eigenvalue weighted by molar-refractivity contribution is 5.88. The molecule has 0 amide bonds. The maximum Gasteiger partial charge on any atom is 0.203 e. The van der Waals surface area contributed by atoms with Crippen molar-refractivity contribution in [2.24, 2.45) is 0 Å². The first-order chi connectivity index (χ1) is 14.0. The first-order valence-corrected chi connectivity index (χ1v) is 9.41. The van der Waals surface area contributed by atoms with Gasteiger partial charge in [0.1, 0.15) is 0 Å². The lowest BCUT2D eigenvalue weighted by Gasteiger charge is -2.41. The van der Waals surface area contributed by atoms with Crippen LogP contribution < -0.4 is 18.9 Å². The summed E-state index contributed by atoms with van der Waals surface area (Å²) in [6.45, 7) is 3.07. The zero-order valence-corrected chi connectivity index (χ0v) is 18.0. The molecule has 8 nitrogen and oxygen atoms in total. The van der Waals surface area contributed by atoms with Crippen LogP contribution in [0, 0.1) is 0 Å². The van der Waals surface area contributed by atoms with Gasteiger partial charge in [0.05, 0.1) is 39.6 Å². The van der Waals surface area contributed by atoms with Crippen LogP contribution >= 0.6 is 0 Å². The number of benzene rings is 2. The lowest BCUT2D eigenvalue weighted by molar-refractivity contribution is -0.129. The number of phenols is 2. The van der Waals surface area contributed by atoms with Crippen LogP contribution in [0.1, 0.15) is 25.0 Å². The van der Waals surface area contributed by atoms with Gasteiger partial charge in [0.15, 0.2) is 23.0 Å². The van der Waals surface area contributed by atoms with Gasteiger partial charge in [-0.3, -0.25) is 0 Å². The third-order valence-electron chi connectivity index (χ3n) is 5.93. The Bertz CT molecular complexity index is 978. The Balaban J connectivity index is 2.53. The van der Waals surface area contributed by atoms with E-state index in [1.165, 1.54) is 41.4 Å². The van der Waals surface area contributed by atoms with Gasteiger partial charge in [-0.25, -0.2) is 0 Å². The monoisotopic (exact) mass is 420 g/mol. The Hall–Kier alpha value is -2.84. The SMILES string of the molecule is COc1cc2c(c(O)c1O)-c1c(cc(OC)c(OC)c1OC)C[C@@](C)(O)[C@@](C)(O)C2. The molecule has 2 aromatic rings. The molecule has 0 heterocycles. The summed E-state index contributed by atoms with van der Waals surface area (Å²) in [5, 5.41) is 43.7. The van der Waals surface area contributed by atoms with Crippen molar-refractivity contribution in [3.8, 4) is 45.6 Å². The molecule has 1 aliphatic carbocycles. The van der Waals surface area contributed by atoms with Gasteiger partial charge in [0.2, 0.25) is 11.5 Å². The average Bonchev–Trinajstić information content (AvgIpc) is 2.69. The first kappa shape index (κ1) is 21.9. The predicted octanol–water partition coefficient (Wildman–Crippen LogP) is 2.40. The van der Waals surface area contributed by atoms with Gasteiger partial charge >= 0.3 is 0 Å². The van der Waals surface area contributed by atoms with Crippen LogP contribution in [0.25, 0.3) is 11.1 Å². The number of hydrogen-bond donors (Lipinski definition) is 4. The third-order valence-corrected chi connectivity index (χ3v) is 5.93. The van der Waals surface area contributed by atoms with Crippen molar-refractivity contribution >= 4 is 0 Å². The molecule has 3 rings (SSSR count). The van der Waals surface area contributed by atoms with Gasteiger partial charge in [0, 0.05) is 24.0 Å². The number of methoxy groups -OCH3 is 4. The van der Waals surface area contributed by atoms with Crippen LogP contribution in [0.4, 0.5) is 0 Å². The molecule has 164 valence electrons. The van der Waals surface area contributed by atoms with E-state index in [4.69, 9.17) is 18.9 Å². The van der Waals surface area contributed by atoms with E-state index in [2.05, 4.69) is 0 Å². The molecule has 0 unspecified atom stereocenters. The molecule has 0 saturated carbocycles. The molecular formula is C22H28O8. The van der Waals surface area contributed by atoms with Gasteiger partial charge in [-0.15, -0.1) is 0 Å². The number of fused-ring (bicyclic) bond motifs is 3. The van der Waals surface area contributed by atoms with Gasteiger partial charge in [-0.05, 0) is 37.1 Å². The maximum absolute atomic E-state index is 11.2. The Morgan fingerprint density at radius 1 is 0.667 bits per heavy atom. The number of aromatic hydroxyl groups is 2. The summed E-state index contributed by atoms with van der Waals surface area (Å²) in [4.78, 5) is 0. The Labute approximate surface area is 175 Å². The predicted molar refractivity (Wildman–Crippen MR) is 110 cm³/mol. The quantitative estimate of drug-likeness (QED) is 0.557. The number of ether oxygens (including phenoxy) is 4. The Kier molecular flexibility index (Phi) is 5.43. The minimum atomic E-state index is -1.56. The van der Waals surface area contributed by atoms with Crippen molar-refractivity contribution in [2.45, 2.75) is 37.9 Å². The normalized spacial score (nSPS) is 22.9. The van der Waals surface area contributed by atoms with E-state index in [1.807, 2.05) is 0 Å². The van der Waals surface area contributed by atoms with Crippen molar-refractivity contribution in [3.05, 3.63) is 23.3 Å². The molecule has 0 aromatic heterocycles. The molecule has 0 spiro atoms. The van der Waals surface area contributed by atoms with Crippen molar-refractivity contribution in [1.82, 2.24) is 0 Å². The number of phenolic OH excluding ortho intramolecular Hbond substituents is 2. The summed E-state index contributed by atoms with van der Waals surface area (Å²) in [7, 11) is 5.75. The van der Waals surface area contributed by atoms with E-state index >= 15 is 0 Å². The summed E-state index contributed by atoms with van der Waals surface area (Å²) in [5.41, 5.74) is -1.42. The van der Waals surface area contributed by atoms with Gasteiger partial charge in [-0.1, -0.05) is 0 Å². The summed E-state index contributed by atoms with van der Waals surface area (Å²) in [6.07, 6.45) is 0.00813. The summed E-state index contributed by atoms with van der Waals surface area (Å²) in [6, 6.07) is 3.19. The summed E-state index contributed by atoms with van der Waals surface area (Å²) < 4.78 is 21.7. The highest BCUT2D eigenvalue weighted by Crippen LogP contribution is 2.55. The molecular weight excluding hydrogens is 392 g/mol. The summed E-state index contributed by atoms with van der Waals surface area (Å²) >= 11 is 0. The fraction of sp³-hybridized carbons (Fsp3) is 0.455. The van der Waals surface area contributed by atoms with E-state index in [0.717, 1.165) is 0 Å². The van der Waals surface area contributed by atoms with Crippen LogP contribution in [-0.4, -0.2) is 60.1 Å². The van der Waals surface area contributed by atoms with Crippen LogP contribution in [0.3, 0.4) is 0 Å². The van der Waals surface area contributed by atoms with Crippen molar-refractivity contribution < 1.29 is 39.4 Å². The van der Waals surface area contributed by atoms with E-state index in [-0.39, 0.29) is 29.9 Å². The first-order valence-electron chi connectivity index (χ1n) is 9.41. The number of rotatable bonds is 4. The Morgan fingerprint density at radius 2 is 1.13 bits per heavy atom. The second kappa shape index (κ2) is 7.45. The minimum absolute atomic E-state index is 0.0174. The van der Waals surface area contributed by atoms with Crippen molar-refractivity contribution in [2.75, 3.05) is 28.4 Å². The van der Waals surface area contributed by atoms with Crippen molar-refractivity contribution in [1.29, 1.82) is 0 Å².